The Morgan fingerprint density at radius 2 is 2.20 bits per heavy atom. The van der Waals surface area contributed by atoms with E-state index in [0.717, 1.165) is 32.5 Å². The quantitative estimate of drug-likeness (QED) is 0.736. The van der Waals surface area contributed by atoms with Gasteiger partial charge in [0.15, 0.2) is 0 Å². The minimum Gasteiger partial charge on any atom is -0.339 e. The van der Waals surface area contributed by atoms with Crippen molar-refractivity contribution in [3.63, 3.8) is 0 Å². The van der Waals surface area contributed by atoms with Gasteiger partial charge in [-0.2, -0.15) is 0 Å². The zero-order valence-electron chi connectivity index (χ0n) is 12.7. The normalized spacial score (nSPS) is 26.9. The molecule has 4 heteroatoms. The highest BCUT2D eigenvalue weighted by molar-refractivity contribution is 5.79. The van der Waals surface area contributed by atoms with Gasteiger partial charge in [-0.05, 0) is 38.1 Å². The van der Waals surface area contributed by atoms with E-state index in [1.807, 2.05) is 13.8 Å². The fraction of sp³-hybridized carbons (Fsp3) is 0.812. The molecule has 0 aliphatic carbocycles. The van der Waals surface area contributed by atoms with E-state index in [1.54, 1.807) is 0 Å². The summed E-state index contributed by atoms with van der Waals surface area (Å²) in [4.78, 5) is 14.5. The highest BCUT2D eigenvalue weighted by Gasteiger charge is 2.35. The Labute approximate surface area is 122 Å². The first-order valence-electron chi connectivity index (χ1n) is 7.87. The molecule has 0 aromatic rings. The van der Waals surface area contributed by atoms with E-state index in [1.165, 1.54) is 12.8 Å². The Balaban J connectivity index is 1.85. The van der Waals surface area contributed by atoms with Crippen LogP contribution >= 0.6 is 0 Å². The number of likely N-dealkylation sites (tertiary alicyclic amines) is 1. The number of piperidine rings is 1. The number of hydrogen-bond acceptors (Lipinski definition) is 3. The minimum atomic E-state index is -0.470. The van der Waals surface area contributed by atoms with E-state index in [-0.39, 0.29) is 5.91 Å². The number of carbonyl (C=O) groups is 1. The van der Waals surface area contributed by atoms with Crippen LogP contribution in [0.4, 0.5) is 0 Å². The van der Waals surface area contributed by atoms with Gasteiger partial charge >= 0.3 is 0 Å². The standard InChI is InChI=1S/C16H27N3O/c1-4-16(5-2,6-3)18-15(20)12-19-10-13-8-7-9-17-14(13)11-19/h1,13-14,17H,5-12H2,2-3H3,(H,18,20)/t13-,14+/m0/s1. The van der Waals surface area contributed by atoms with Gasteiger partial charge in [0.1, 0.15) is 5.54 Å². The van der Waals surface area contributed by atoms with Crippen molar-refractivity contribution >= 4 is 5.91 Å². The van der Waals surface area contributed by atoms with Crippen molar-refractivity contribution in [2.75, 3.05) is 26.2 Å². The molecule has 1 amide bonds. The molecule has 4 nitrogen and oxygen atoms in total. The molecule has 0 saturated carbocycles. The van der Waals surface area contributed by atoms with Gasteiger partial charge in [-0.1, -0.05) is 19.8 Å². The molecule has 0 unspecified atom stereocenters. The lowest BCUT2D eigenvalue weighted by atomic mass is 9.94. The lowest BCUT2D eigenvalue weighted by Crippen LogP contribution is -2.50. The largest absolute Gasteiger partial charge is 0.339 e. The van der Waals surface area contributed by atoms with Crippen molar-refractivity contribution in [3.05, 3.63) is 0 Å². The maximum absolute atomic E-state index is 12.2. The molecule has 2 rings (SSSR count). The van der Waals surface area contributed by atoms with Gasteiger partial charge in [0.2, 0.25) is 5.91 Å². The van der Waals surface area contributed by atoms with Crippen molar-refractivity contribution < 1.29 is 4.79 Å². The van der Waals surface area contributed by atoms with Gasteiger partial charge in [-0.25, -0.2) is 0 Å². The van der Waals surface area contributed by atoms with Crippen molar-refractivity contribution in [2.45, 2.75) is 51.1 Å². The van der Waals surface area contributed by atoms with Gasteiger partial charge in [0.25, 0.3) is 0 Å². The third-order valence-electron chi connectivity index (χ3n) is 4.90. The second-order valence-electron chi connectivity index (χ2n) is 6.14. The number of fused-ring (bicyclic) bond motifs is 1. The van der Waals surface area contributed by atoms with Gasteiger partial charge in [-0.3, -0.25) is 9.69 Å². The molecule has 0 aromatic carbocycles. The highest BCUT2D eigenvalue weighted by atomic mass is 16.2. The Morgan fingerprint density at radius 3 is 2.80 bits per heavy atom. The molecule has 2 saturated heterocycles. The van der Waals surface area contributed by atoms with Crippen LogP contribution in [0.15, 0.2) is 0 Å². The summed E-state index contributed by atoms with van der Waals surface area (Å²) in [6.07, 6.45) is 9.69. The zero-order valence-corrected chi connectivity index (χ0v) is 12.7. The Hall–Kier alpha value is -1.05. The van der Waals surface area contributed by atoms with Crippen molar-refractivity contribution in [3.8, 4) is 12.3 Å². The summed E-state index contributed by atoms with van der Waals surface area (Å²) in [5.74, 6) is 3.53. The first-order chi connectivity index (χ1) is 9.62. The molecule has 2 heterocycles. The van der Waals surface area contributed by atoms with Crippen LogP contribution in [0.3, 0.4) is 0 Å². The molecule has 20 heavy (non-hydrogen) atoms. The van der Waals surface area contributed by atoms with Crippen LogP contribution in [0.5, 0.6) is 0 Å². The number of nitrogens with one attached hydrogen (secondary N) is 2. The maximum Gasteiger partial charge on any atom is 0.235 e. The summed E-state index contributed by atoms with van der Waals surface area (Å²) in [5.41, 5.74) is -0.470. The number of rotatable bonds is 5. The highest BCUT2D eigenvalue weighted by Crippen LogP contribution is 2.24. The summed E-state index contributed by atoms with van der Waals surface area (Å²) in [7, 11) is 0. The lowest BCUT2D eigenvalue weighted by molar-refractivity contribution is -0.123. The average Bonchev–Trinajstić information content (AvgIpc) is 2.87. The predicted molar refractivity (Wildman–Crippen MR) is 81.2 cm³/mol. The van der Waals surface area contributed by atoms with Crippen LogP contribution in [0.1, 0.15) is 39.5 Å². The summed E-state index contributed by atoms with van der Waals surface area (Å²) in [6, 6.07) is 0.575. The molecule has 2 N–H and O–H groups in total. The molecular formula is C16H27N3O. The Kier molecular flexibility index (Phi) is 5.06. The molecule has 112 valence electrons. The van der Waals surface area contributed by atoms with Gasteiger partial charge in [0, 0.05) is 19.1 Å². The first-order valence-corrected chi connectivity index (χ1v) is 7.87. The topological polar surface area (TPSA) is 44.4 Å². The van der Waals surface area contributed by atoms with Gasteiger partial charge in [0.05, 0.1) is 6.54 Å². The Bertz CT molecular complexity index is 370. The molecule has 0 bridgehead atoms. The fourth-order valence-corrected chi connectivity index (χ4v) is 3.44. The van der Waals surface area contributed by atoms with Crippen molar-refractivity contribution in [1.82, 2.24) is 15.5 Å². The van der Waals surface area contributed by atoms with E-state index in [2.05, 4.69) is 21.5 Å². The van der Waals surface area contributed by atoms with Crippen LogP contribution in [0.25, 0.3) is 0 Å². The molecule has 0 radical (unpaired) electrons. The first kappa shape index (κ1) is 15.3. The number of carbonyl (C=O) groups excluding carboxylic acids is 1. The summed E-state index contributed by atoms with van der Waals surface area (Å²) in [5, 5.41) is 6.61. The molecule has 0 aromatic heterocycles. The second-order valence-corrected chi connectivity index (χ2v) is 6.14. The van der Waals surface area contributed by atoms with Crippen LogP contribution in [0, 0.1) is 18.3 Å². The van der Waals surface area contributed by atoms with Crippen LogP contribution in [-0.4, -0.2) is 48.6 Å². The molecule has 2 aliphatic rings. The zero-order chi connectivity index (χ0) is 14.6. The van der Waals surface area contributed by atoms with Gasteiger partial charge in [-0.15, -0.1) is 6.42 Å². The van der Waals surface area contributed by atoms with Crippen molar-refractivity contribution in [1.29, 1.82) is 0 Å². The van der Waals surface area contributed by atoms with Gasteiger partial charge < -0.3 is 10.6 Å². The van der Waals surface area contributed by atoms with Crippen LogP contribution in [0.2, 0.25) is 0 Å². The van der Waals surface area contributed by atoms with Crippen LogP contribution in [-0.2, 0) is 4.79 Å². The molecule has 2 fully saturated rings. The molecule has 0 spiro atoms. The number of terminal acetylenes is 1. The van der Waals surface area contributed by atoms with E-state index in [0.29, 0.717) is 18.5 Å². The third-order valence-corrected chi connectivity index (χ3v) is 4.90. The second kappa shape index (κ2) is 6.60. The average molecular weight is 277 g/mol. The van der Waals surface area contributed by atoms with E-state index >= 15 is 0 Å². The number of nitrogens with zero attached hydrogens (tertiary/aromatic N) is 1. The smallest absolute Gasteiger partial charge is 0.235 e. The summed E-state index contributed by atoms with van der Waals surface area (Å²) < 4.78 is 0. The number of hydrogen-bond donors (Lipinski definition) is 2. The van der Waals surface area contributed by atoms with E-state index < -0.39 is 5.54 Å². The lowest BCUT2D eigenvalue weighted by Gasteiger charge is -2.28. The fourth-order valence-electron chi connectivity index (χ4n) is 3.44. The molecule has 2 atom stereocenters. The van der Waals surface area contributed by atoms with Crippen LogP contribution < -0.4 is 10.6 Å². The third kappa shape index (κ3) is 3.34. The van der Waals surface area contributed by atoms with Crippen molar-refractivity contribution in [2.24, 2.45) is 5.92 Å². The van der Waals surface area contributed by atoms with E-state index in [4.69, 9.17) is 6.42 Å². The summed E-state index contributed by atoms with van der Waals surface area (Å²) >= 11 is 0. The SMILES string of the molecule is C#CC(CC)(CC)NC(=O)CN1C[C@@H]2CCCN[C@@H]2C1. The maximum atomic E-state index is 12.2. The van der Waals surface area contributed by atoms with E-state index in [9.17, 15) is 4.79 Å². The molecule has 2 aliphatic heterocycles. The summed E-state index contributed by atoms with van der Waals surface area (Å²) in [6.45, 7) is 7.66. The monoisotopic (exact) mass is 277 g/mol. The Morgan fingerprint density at radius 1 is 1.45 bits per heavy atom. The number of amides is 1. The molecular weight excluding hydrogens is 250 g/mol. The minimum absolute atomic E-state index is 0.0605. The predicted octanol–water partition coefficient (Wildman–Crippen LogP) is 0.978.